The first-order chi connectivity index (χ1) is 9.35. The molecular formula is C16H34O3. The van der Waals surface area contributed by atoms with Gasteiger partial charge in [0.05, 0.1) is 12.7 Å². The van der Waals surface area contributed by atoms with Crippen LogP contribution < -0.4 is 0 Å². The molecule has 0 aliphatic heterocycles. The zero-order valence-corrected chi connectivity index (χ0v) is 13.3. The lowest BCUT2D eigenvalue weighted by Crippen LogP contribution is -2.14. The zero-order chi connectivity index (χ0) is 14.2. The lowest BCUT2D eigenvalue weighted by molar-refractivity contribution is -0.527. The summed E-state index contributed by atoms with van der Waals surface area (Å²) in [6.07, 6.45) is 13.4. The fourth-order valence-corrected chi connectivity index (χ4v) is 1.97. The number of hydrogen-bond acceptors (Lipinski definition) is 3. The minimum atomic E-state index is 0.197. The van der Waals surface area contributed by atoms with E-state index in [1.54, 1.807) is 0 Å². The highest BCUT2D eigenvalue weighted by Gasteiger charge is 2.10. The highest BCUT2D eigenvalue weighted by molar-refractivity contribution is 4.57. The smallest absolute Gasteiger partial charge is 0.0961 e. The van der Waals surface area contributed by atoms with E-state index in [1.165, 1.54) is 44.9 Å². The van der Waals surface area contributed by atoms with Crippen molar-refractivity contribution in [2.45, 2.75) is 97.5 Å². The van der Waals surface area contributed by atoms with Crippen LogP contribution in [0.25, 0.3) is 0 Å². The molecule has 0 rings (SSSR count). The second-order valence-corrected chi connectivity index (χ2v) is 5.31. The molecule has 0 aliphatic rings. The molecule has 0 spiro atoms. The molecule has 19 heavy (non-hydrogen) atoms. The average Bonchev–Trinajstić information content (AvgIpc) is 2.43. The van der Waals surface area contributed by atoms with E-state index in [1.807, 2.05) is 0 Å². The molecule has 0 fully saturated rings. The molecule has 1 unspecified atom stereocenters. The lowest BCUT2D eigenvalue weighted by Gasteiger charge is -2.15. The molecule has 0 radical (unpaired) electrons. The molecule has 3 heteroatoms. The van der Waals surface area contributed by atoms with Crippen LogP contribution in [0, 0.1) is 0 Å². The van der Waals surface area contributed by atoms with Gasteiger partial charge >= 0.3 is 0 Å². The molecule has 0 bridgehead atoms. The van der Waals surface area contributed by atoms with Crippen LogP contribution in [0.15, 0.2) is 0 Å². The van der Waals surface area contributed by atoms with Crippen molar-refractivity contribution in [1.29, 1.82) is 0 Å². The zero-order valence-electron chi connectivity index (χ0n) is 13.3. The van der Waals surface area contributed by atoms with Crippen LogP contribution in [-0.4, -0.2) is 12.7 Å². The number of hydrogen-bond donors (Lipinski definition) is 0. The van der Waals surface area contributed by atoms with Crippen LogP contribution in [0.5, 0.6) is 0 Å². The van der Waals surface area contributed by atoms with E-state index in [0.717, 1.165) is 25.7 Å². The third-order valence-corrected chi connectivity index (χ3v) is 3.31. The maximum atomic E-state index is 5.38. The van der Waals surface area contributed by atoms with Gasteiger partial charge in [-0.3, -0.25) is 0 Å². The van der Waals surface area contributed by atoms with Gasteiger partial charge in [-0.2, -0.15) is 0 Å². The van der Waals surface area contributed by atoms with Crippen LogP contribution in [0.2, 0.25) is 0 Å². The van der Waals surface area contributed by atoms with E-state index >= 15 is 0 Å². The Morgan fingerprint density at radius 2 is 1.32 bits per heavy atom. The van der Waals surface area contributed by atoms with Crippen molar-refractivity contribution >= 4 is 0 Å². The van der Waals surface area contributed by atoms with Crippen molar-refractivity contribution in [2.24, 2.45) is 0 Å². The van der Waals surface area contributed by atoms with Crippen molar-refractivity contribution in [1.82, 2.24) is 0 Å². The third kappa shape index (κ3) is 14.1. The van der Waals surface area contributed by atoms with E-state index in [0.29, 0.717) is 6.61 Å². The predicted molar refractivity (Wildman–Crippen MR) is 79.7 cm³/mol. The summed E-state index contributed by atoms with van der Waals surface area (Å²) in [6, 6.07) is 0. The highest BCUT2D eigenvalue weighted by Crippen LogP contribution is 2.15. The van der Waals surface area contributed by atoms with E-state index in [4.69, 9.17) is 14.8 Å². The first-order valence-corrected chi connectivity index (χ1v) is 8.30. The molecular weight excluding hydrogens is 240 g/mol. The Balaban J connectivity index is 3.57. The molecule has 0 saturated carbocycles. The summed E-state index contributed by atoms with van der Waals surface area (Å²) in [6.45, 7) is 7.20. The summed E-state index contributed by atoms with van der Waals surface area (Å²) < 4.78 is 0. The van der Waals surface area contributed by atoms with Gasteiger partial charge in [-0.15, -0.1) is 0 Å². The van der Waals surface area contributed by atoms with E-state index in [2.05, 4.69) is 20.8 Å². The first-order valence-electron chi connectivity index (χ1n) is 8.30. The fraction of sp³-hybridized carbons (Fsp3) is 1.00. The van der Waals surface area contributed by atoms with Gasteiger partial charge in [0.25, 0.3) is 0 Å². The molecule has 0 aromatic carbocycles. The minimum Gasteiger partial charge on any atom is -0.206 e. The Morgan fingerprint density at radius 1 is 0.684 bits per heavy atom. The van der Waals surface area contributed by atoms with Crippen molar-refractivity contribution in [3.05, 3.63) is 0 Å². The van der Waals surface area contributed by atoms with Crippen molar-refractivity contribution < 1.29 is 14.8 Å². The molecule has 0 aliphatic carbocycles. The van der Waals surface area contributed by atoms with Gasteiger partial charge in [-0.25, -0.2) is 9.78 Å². The summed E-state index contributed by atoms with van der Waals surface area (Å²) in [4.78, 5) is 10.4. The van der Waals surface area contributed by atoms with Crippen LogP contribution in [-0.2, 0) is 14.8 Å². The largest absolute Gasteiger partial charge is 0.206 e. The fourth-order valence-electron chi connectivity index (χ4n) is 1.97. The normalized spacial score (nSPS) is 12.8. The molecule has 0 aromatic rings. The van der Waals surface area contributed by atoms with Crippen LogP contribution in [0.1, 0.15) is 91.4 Å². The first kappa shape index (κ1) is 18.9. The molecule has 0 amide bonds. The number of rotatable bonds is 15. The highest BCUT2D eigenvalue weighted by atomic mass is 17.5. The summed E-state index contributed by atoms with van der Waals surface area (Å²) >= 11 is 0. The van der Waals surface area contributed by atoms with Gasteiger partial charge in [0, 0.05) is 0 Å². The molecule has 0 aromatic heterocycles. The maximum absolute atomic E-state index is 5.38. The Kier molecular flexibility index (Phi) is 15.8. The summed E-state index contributed by atoms with van der Waals surface area (Å²) in [5, 5.41) is 4.87. The second kappa shape index (κ2) is 15.9. The summed E-state index contributed by atoms with van der Waals surface area (Å²) in [5.74, 6) is 0. The Morgan fingerprint density at radius 3 is 2.00 bits per heavy atom. The standard InChI is InChI=1S/C16H34O3/c1-4-7-10-11-12-14-16(13-8-5-2)18-19-17-15-9-6-3/h16H,4-15H2,1-3H3. The Bertz CT molecular complexity index is 148. The summed E-state index contributed by atoms with van der Waals surface area (Å²) in [7, 11) is 0. The summed E-state index contributed by atoms with van der Waals surface area (Å²) in [5.41, 5.74) is 0. The van der Waals surface area contributed by atoms with Gasteiger partial charge in [-0.1, -0.05) is 77.2 Å². The topological polar surface area (TPSA) is 27.7 Å². The average molecular weight is 274 g/mol. The van der Waals surface area contributed by atoms with Crippen molar-refractivity contribution in [3.8, 4) is 0 Å². The SMILES string of the molecule is CCCCCCCC(CCCC)OOOCCCC. The predicted octanol–water partition coefficient (Wildman–Crippen LogP) is 5.59. The van der Waals surface area contributed by atoms with Gasteiger partial charge < -0.3 is 0 Å². The third-order valence-electron chi connectivity index (χ3n) is 3.31. The molecule has 116 valence electrons. The van der Waals surface area contributed by atoms with Gasteiger partial charge in [-0.05, 0) is 19.3 Å². The second-order valence-electron chi connectivity index (χ2n) is 5.31. The minimum absolute atomic E-state index is 0.197. The molecule has 3 nitrogen and oxygen atoms in total. The molecule has 0 saturated heterocycles. The molecule has 0 heterocycles. The lowest BCUT2D eigenvalue weighted by atomic mass is 10.0. The van der Waals surface area contributed by atoms with Crippen LogP contribution in [0.4, 0.5) is 0 Å². The molecule has 1 atom stereocenters. The Hall–Kier alpha value is -0.120. The number of unbranched alkanes of at least 4 members (excludes halogenated alkanes) is 6. The van der Waals surface area contributed by atoms with Gasteiger partial charge in [0.15, 0.2) is 0 Å². The van der Waals surface area contributed by atoms with Crippen molar-refractivity contribution in [3.63, 3.8) is 0 Å². The molecule has 0 N–H and O–H groups in total. The van der Waals surface area contributed by atoms with Crippen LogP contribution in [0.3, 0.4) is 0 Å². The van der Waals surface area contributed by atoms with Gasteiger partial charge in [0.1, 0.15) is 0 Å². The van der Waals surface area contributed by atoms with E-state index < -0.39 is 0 Å². The monoisotopic (exact) mass is 274 g/mol. The Labute approximate surface area is 119 Å². The van der Waals surface area contributed by atoms with Gasteiger partial charge in [0.2, 0.25) is 0 Å². The van der Waals surface area contributed by atoms with E-state index in [-0.39, 0.29) is 6.10 Å². The van der Waals surface area contributed by atoms with Crippen LogP contribution >= 0.6 is 0 Å². The quantitative estimate of drug-likeness (QED) is 0.221. The van der Waals surface area contributed by atoms with Crippen molar-refractivity contribution in [2.75, 3.05) is 6.61 Å². The maximum Gasteiger partial charge on any atom is 0.0961 e. The van der Waals surface area contributed by atoms with E-state index in [9.17, 15) is 0 Å².